The highest BCUT2D eigenvalue weighted by molar-refractivity contribution is 8.26. The molecule has 1 aliphatic heterocycles. The van der Waals surface area contributed by atoms with Crippen LogP contribution in [0.25, 0.3) is 17.4 Å². The molecule has 3 fully saturated rings. The van der Waals surface area contributed by atoms with E-state index in [0.29, 0.717) is 63.3 Å². The lowest BCUT2D eigenvalue weighted by Crippen LogP contribution is -2.41. The Balaban J connectivity index is 1.38. The molecule has 1 aromatic carbocycles. The van der Waals surface area contributed by atoms with Crippen LogP contribution in [-0.4, -0.2) is 53.1 Å². The monoisotopic (exact) mass is 611 g/mol. The molecular formula is C31H37N3O6S2. The molecule has 4 N–H and O–H groups in total. The number of furan rings is 1. The van der Waals surface area contributed by atoms with Crippen molar-refractivity contribution >= 4 is 52.0 Å². The highest BCUT2D eigenvalue weighted by atomic mass is 32.2. The number of carbonyl (C=O) groups excluding carboxylic acids is 3. The molecular weight excluding hydrogens is 574 g/mol. The number of ether oxygens (including phenoxy) is 2. The number of unbranched alkanes of at least 4 members (excludes halogenated alkanes) is 1. The summed E-state index contributed by atoms with van der Waals surface area (Å²) in [5, 5.41) is 0. The smallest absolute Gasteiger partial charge is 0.266 e. The molecule has 3 unspecified atom stereocenters. The highest BCUT2D eigenvalue weighted by Gasteiger charge is 2.48. The maximum atomic E-state index is 13.6. The summed E-state index contributed by atoms with van der Waals surface area (Å²) in [5.41, 5.74) is 12.7. The van der Waals surface area contributed by atoms with Gasteiger partial charge < -0.3 is 25.4 Å². The van der Waals surface area contributed by atoms with Gasteiger partial charge in [-0.1, -0.05) is 30.4 Å². The van der Waals surface area contributed by atoms with Crippen LogP contribution in [0.15, 0.2) is 33.6 Å². The summed E-state index contributed by atoms with van der Waals surface area (Å²) in [7, 11) is 3.18. The fraction of sp³-hybridized carbons (Fsp3) is 0.484. The number of amides is 2. The molecule has 1 saturated heterocycles. The quantitative estimate of drug-likeness (QED) is 0.185. The van der Waals surface area contributed by atoms with Crippen molar-refractivity contribution in [3.8, 4) is 22.8 Å². The minimum Gasteiger partial charge on any atom is -0.497 e. The van der Waals surface area contributed by atoms with Gasteiger partial charge in [-0.2, -0.15) is 0 Å². The summed E-state index contributed by atoms with van der Waals surface area (Å²) in [6, 6.07) is 6.78. The number of fused-ring (bicyclic) bond motifs is 2. The number of benzene rings is 1. The summed E-state index contributed by atoms with van der Waals surface area (Å²) in [5.74, 6) is 2.84. The third-order valence-corrected chi connectivity index (χ3v) is 9.88. The molecule has 2 saturated carbocycles. The topological polar surface area (TPSA) is 138 Å². The average Bonchev–Trinajstić information content (AvgIpc) is 3.75. The van der Waals surface area contributed by atoms with Crippen LogP contribution in [0.3, 0.4) is 0 Å². The lowest BCUT2D eigenvalue weighted by Gasteiger charge is -2.30. The number of Topliss-reactive ketones (excluding diaryl/α,β-unsaturated/α-hetero) is 1. The van der Waals surface area contributed by atoms with Crippen molar-refractivity contribution in [1.82, 2.24) is 4.90 Å². The van der Waals surface area contributed by atoms with E-state index < -0.39 is 11.9 Å². The fourth-order valence-electron chi connectivity index (χ4n) is 6.40. The Labute approximate surface area is 255 Å². The molecule has 0 spiro atoms. The Bertz CT molecular complexity index is 1400. The number of carbonyl (C=O) groups is 3. The molecule has 42 heavy (non-hydrogen) atoms. The van der Waals surface area contributed by atoms with Gasteiger partial charge in [-0.15, -0.1) is 0 Å². The van der Waals surface area contributed by atoms with Gasteiger partial charge in [-0.05, 0) is 74.1 Å². The second-order valence-corrected chi connectivity index (χ2v) is 13.0. The summed E-state index contributed by atoms with van der Waals surface area (Å²) in [6.45, 7) is 0. The number of aryl methyl sites for hydroxylation is 1. The Morgan fingerprint density at radius 2 is 1.88 bits per heavy atom. The predicted molar refractivity (Wildman–Crippen MR) is 166 cm³/mol. The first-order chi connectivity index (χ1) is 20.2. The van der Waals surface area contributed by atoms with E-state index in [4.69, 9.17) is 37.6 Å². The van der Waals surface area contributed by atoms with Crippen molar-refractivity contribution in [2.45, 2.75) is 69.9 Å². The SMILES string of the molecule is COc1cc(OC)cc(-c2cc(CCCCC(=O)[C@@H](N)CC(N)=O)c(/C=C3\SC(=S)N(C4CC5CCC4C5)C3=O)o2)c1. The van der Waals surface area contributed by atoms with E-state index in [1.165, 1.54) is 24.6 Å². The van der Waals surface area contributed by atoms with E-state index in [2.05, 4.69) is 0 Å². The van der Waals surface area contributed by atoms with E-state index in [1.807, 2.05) is 23.1 Å². The molecule has 2 heterocycles. The van der Waals surface area contributed by atoms with Crippen LogP contribution in [0.4, 0.5) is 0 Å². The van der Waals surface area contributed by atoms with E-state index in [0.717, 1.165) is 24.0 Å². The largest absolute Gasteiger partial charge is 0.497 e. The molecule has 2 bridgehead atoms. The number of thiocarbonyl (C=S) groups is 1. The maximum Gasteiger partial charge on any atom is 0.266 e. The Kier molecular flexibility index (Phi) is 9.39. The zero-order valence-electron chi connectivity index (χ0n) is 23.9. The number of methoxy groups -OCH3 is 2. The number of ketones is 1. The van der Waals surface area contributed by atoms with Crippen molar-refractivity contribution < 1.29 is 28.3 Å². The second-order valence-electron chi connectivity index (χ2n) is 11.3. The normalized spacial score (nSPS) is 23.2. The zero-order valence-corrected chi connectivity index (χ0v) is 25.6. The standard InChI is InChI=1S/C31H37N3O6S2/c1-38-21-11-20(12-22(14-21)39-2)26-13-19(5-3-4-6-25(35)23(32)15-29(33)36)27(40-26)16-28-30(37)34(31(41)42-28)24-10-17-7-8-18(24)9-17/h11-14,16-18,23-24H,3-10,15,32H2,1-2H3,(H2,33,36)/b28-16-/t17?,18?,23-,24?/m0/s1. The Hall–Kier alpha value is -3.15. The van der Waals surface area contributed by atoms with Crippen molar-refractivity contribution in [2.75, 3.05) is 14.2 Å². The van der Waals surface area contributed by atoms with Gasteiger partial charge in [-0.3, -0.25) is 19.3 Å². The van der Waals surface area contributed by atoms with Gasteiger partial charge in [-0.25, -0.2) is 0 Å². The van der Waals surface area contributed by atoms with Gasteiger partial charge in [0.25, 0.3) is 5.91 Å². The number of rotatable bonds is 13. The van der Waals surface area contributed by atoms with Crippen molar-refractivity contribution in [3.63, 3.8) is 0 Å². The van der Waals surface area contributed by atoms with Crippen LogP contribution in [0.2, 0.25) is 0 Å². The van der Waals surface area contributed by atoms with Crippen molar-refractivity contribution in [1.29, 1.82) is 0 Å². The van der Waals surface area contributed by atoms with Gasteiger partial charge in [0.2, 0.25) is 5.91 Å². The summed E-state index contributed by atoms with van der Waals surface area (Å²) < 4.78 is 17.9. The van der Waals surface area contributed by atoms with E-state index >= 15 is 0 Å². The maximum absolute atomic E-state index is 13.6. The van der Waals surface area contributed by atoms with Gasteiger partial charge >= 0.3 is 0 Å². The van der Waals surface area contributed by atoms with E-state index in [1.54, 1.807) is 26.4 Å². The molecule has 2 aliphatic carbocycles. The Morgan fingerprint density at radius 1 is 1.14 bits per heavy atom. The lowest BCUT2D eigenvalue weighted by atomic mass is 9.94. The van der Waals surface area contributed by atoms with Crippen LogP contribution in [0.5, 0.6) is 11.5 Å². The van der Waals surface area contributed by atoms with Gasteiger partial charge in [0.15, 0.2) is 0 Å². The van der Waals surface area contributed by atoms with Crippen LogP contribution in [0, 0.1) is 11.8 Å². The minimum atomic E-state index is -0.876. The molecule has 11 heteroatoms. The van der Waals surface area contributed by atoms with Gasteiger partial charge in [0.05, 0.1) is 25.2 Å². The van der Waals surface area contributed by atoms with Gasteiger partial charge in [0.1, 0.15) is 33.1 Å². The average molecular weight is 612 g/mol. The van der Waals surface area contributed by atoms with Crippen LogP contribution >= 0.6 is 24.0 Å². The Morgan fingerprint density at radius 3 is 2.50 bits per heavy atom. The first-order valence-corrected chi connectivity index (χ1v) is 15.6. The van der Waals surface area contributed by atoms with Crippen LogP contribution in [-0.2, 0) is 20.8 Å². The first-order valence-electron chi connectivity index (χ1n) is 14.4. The number of nitrogens with zero attached hydrogens (tertiary/aromatic N) is 1. The van der Waals surface area contributed by atoms with Crippen molar-refractivity contribution in [3.05, 3.63) is 40.5 Å². The molecule has 5 rings (SSSR count). The van der Waals surface area contributed by atoms with Crippen LogP contribution < -0.4 is 20.9 Å². The molecule has 9 nitrogen and oxygen atoms in total. The number of hydrogen-bond donors (Lipinski definition) is 2. The zero-order chi connectivity index (χ0) is 30.0. The molecule has 1 aromatic heterocycles. The number of thioether (sulfide) groups is 1. The minimum absolute atomic E-state index is 0.0523. The third-order valence-electron chi connectivity index (χ3n) is 8.55. The second kappa shape index (κ2) is 13.0. The number of nitrogens with two attached hydrogens (primary N) is 2. The first kappa shape index (κ1) is 30.3. The summed E-state index contributed by atoms with van der Waals surface area (Å²) in [6.07, 6.45) is 8.42. The van der Waals surface area contributed by atoms with E-state index in [9.17, 15) is 14.4 Å². The van der Waals surface area contributed by atoms with Gasteiger partial charge in [0, 0.05) is 36.6 Å². The number of primary amides is 1. The molecule has 224 valence electrons. The molecule has 4 atom stereocenters. The highest BCUT2D eigenvalue weighted by Crippen LogP contribution is 2.49. The molecule has 3 aliphatic rings. The lowest BCUT2D eigenvalue weighted by molar-refractivity contribution is -0.125. The van der Waals surface area contributed by atoms with E-state index in [-0.39, 0.29) is 30.6 Å². The molecule has 0 radical (unpaired) electrons. The summed E-state index contributed by atoms with van der Waals surface area (Å²) in [4.78, 5) is 39.4. The molecule has 2 aromatic rings. The number of hydrogen-bond acceptors (Lipinski definition) is 9. The van der Waals surface area contributed by atoms with Crippen molar-refractivity contribution in [2.24, 2.45) is 23.3 Å². The third kappa shape index (κ3) is 6.58. The fourth-order valence-corrected chi connectivity index (χ4v) is 7.74. The molecule has 2 amide bonds. The summed E-state index contributed by atoms with van der Waals surface area (Å²) >= 11 is 7.02. The van der Waals surface area contributed by atoms with Crippen LogP contribution in [0.1, 0.15) is 62.7 Å². The predicted octanol–water partition coefficient (Wildman–Crippen LogP) is 4.84.